The van der Waals surface area contributed by atoms with Crippen LogP contribution in [0.3, 0.4) is 0 Å². The first-order valence-corrected chi connectivity index (χ1v) is 11.1. The molecular formula is C23H30FN3O2. The summed E-state index contributed by atoms with van der Waals surface area (Å²) in [6, 6.07) is 3.50. The number of hydrogen-bond acceptors (Lipinski definition) is 3. The summed E-state index contributed by atoms with van der Waals surface area (Å²) in [6.45, 7) is 1.72. The fourth-order valence-electron chi connectivity index (χ4n) is 6.71. The minimum Gasteiger partial charge on any atom is -0.355 e. The van der Waals surface area contributed by atoms with Gasteiger partial charge in [0, 0.05) is 24.9 Å². The average molecular weight is 400 g/mol. The van der Waals surface area contributed by atoms with Crippen LogP contribution < -0.4 is 16.0 Å². The summed E-state index contributed by atoms with van der Waals surface area (Å²) in [6.07, 6.45) is 7.76. The monoisotopic (exact) mass is 399 g/mol. The van der Waals surface area contributed by atoms with E-state index in [4.69, 9.17) is 0 Å². The Balaban J connectivity index is 1.15. The smallest absolute Gasteiger partial charge is 0.226 e. The third-order valence-corrected chi connectivity index (χ3v) is 7.64. The van der Waals surface area contributed by atoms with Crippen molar-refractivity contribution in [2.75, 3.05) is 18.4 Å². The van der Waals surface area contributed by atoms with Gasteiger partial charge in [-0.3, -0.25) is 9.59 Å². The molecule has 1 aliphatic heterocycles. The molecule has 4 fully saturated rings. The lowest BCUT2D eigenvalue weighted by Crippen LogP contribution is -2.53. The maximum atomic E-state index is 14.7. The van der Waals surface area contributed by atoms with E-state index in [9.17, 15) is 14.0 Å². The van der Waals surface area contributed by atoms with E-state index in [1.165, 1.54) is 19.3 Å². The number of carbonyl (C=O) groups is 2. The van der Waals surface area contributed by atoms with Gasteiger partial charge in [0.05, 0.1) is 5.69 Å². The maximum absolute atomic E-state index is 14.7. The van der Waals surface area contributed by atoms with Crippen LogP contribution in [0, 0.1) is 29.0 Å². The normalized spacial score (nSPS) is 32.0. The molecule has 2 amide bonds. The first-order chi connectivity index (χ1) is 14.0. The topological polar surface area (TPSA) is 70.2 Å². The van der Waals surface area contributed by atoms with Crippen LogP contribution in [0.2, 0.25) is 0 Å². The van der Waals surface area contributed by atoms with Crippen molar-refractivity contribution in [2.24, 2.45) is 23.2 Å². The lowest BCUT2D eigenvalue weighted by Gasteiger charge is -2.55. The summed E-state index contributed by atoms with van der Waals surface area (Å²) in [5.74, 6) is 1.71. The van der Waals surface area contributed by atoms with Crippen molar-refractivity contribution in [3.05, 3.63) is 29.1 Å². The van der Waals surface area contributed by atoms with E-state index in [0.29, 0.717) is 25.1 Å². The van der Waals surface area contributed by atoms with Gasteiger partial charge in [0.15, 0.2) is 0 Å². The molecule has 29 heavy (non-hydrogen) atoms. The molecule has 4 bridgehead atoms. The molecule has 0 aromatic heterocycles. The molecule has 0 spiro atoms. The van der Waals surface area contributed by atoms with Crippen molar-refractivity contribution < 1.29 is 14.0 Å². The second-order valence-corrected chi connectivity index (χ2v) is 9.74. The molecular weight excluding hydrogens is 369 g/mol. The fourth-order valence-corrected chi connectivity index (χ4v) is 6.71. The zero-order chi connectivity index (χ0) is 20.0. The third-order valence-electron chi connectivity index (χ3n) is 7.64. The fraction of sp³-hybridized carbons (Fsp3) is 0.652. The van der Waals surface area contributed by atoms with Gasteiger partial charge in [0.2, 0.25) is 11.8 Å². The highest BCUT2D eigenvalue weighted by molar-refractivity contribution is 5.91. The second-order valence-electron chi connectivity index (χ2n) is 9.74. The molecule has 0 saturated heterocycles. The maximum Gasteiger partial charge on any atom is 0.226 e. The lowest BCUT2D eigenvalue weighted by atomic mass is 9.49. The summed E-state index contributed by atoms with van der Waals surface area (Å²) in [5.41, 5.74) is 1.69. The van der Waals surface area contributed by atoms with Crippen LogP contribution in [0.15, 0.2) is 12.1 Å². The number of nitrogens with one attached hydrogen (secondary N) is 3. The van der Waals surface area contributed by atoms with Crippen LogP contribution in [0.25, 0.3) is 0 Å². The van der Waals surface area contributed by atoms with Crippen molar-refractivity contribution >= 4 is 17.5 Å². The third kappa shape index (κ3) is 3.56. The number of halogens is 1. The van der Waals surface area contributed by atoms with Crippen molar-refractivity contribution in [2.45, 2.75) is 57.9 Å². The predicted octanol–water partition coefficient (Wildman–Crippen LogP) is 3.13. The summed E-state index contributed by atoms with van der Waals surface area (Å²) in [4.78, 5) is 25.3. The molecule has 0 unspecified atom stereocenters. The van der Waals surface area contributed by atoms with Gasteiger partial charge in [-0.25, -0.2) is 4.39 Å². The van der Waals surface area contributed by atoms with E-state index < -0.39 is 0 Å². The second kappa shape index (κ2) is 7.38. The van der Waals surface area contributed by atoms with Crippen LogP contribution in [-0.4, -0.2) is 24.9 Å². The minimum atomic E-state index is -0.324. The van der Waals surface area contributed by atoms with Crippen LogP contribution in [-0.2, 0) is 22.6 Å². The Morgan fingerprint density at radius 2 is 1.79 bits per heavy atom. The number of hydrogen-bond donors (Lipinski definition) is 3. The Labute approximate surface area is 171 Å². The molecule has 6 rings (SSSR count). The number of carbonyl (C=O) groups excluding carboxylic acids is 2. The van der Waals surface area contributed by atoms with Gasteiger partial charge in [0.25, 0.3) is 0 Å². The number of rotatable bonds is 5. The van der Waals surface area contributed by atoms with E-state index in [2.05, 4.69) is 16.0 Å². The Morgan fingerprint density at radius 3 is 2.48 bits per heavy atom. The van der Waals surface area contributed by atoms with E-state index in [1.807, 2.05) is 6.07 Å². The van der Waals surface area contributed by atoms with Gasteiger partial charge in [0.1, 0.15) is 5.82 Å². The van der Waals surface area contributed by atoms with Crippen LogP contribution in [0.5, 0.6) is 0 Å². The highest BCUT2D eigenvalue weighted by atomic mass is 19.1. The molecule has 0 atom stereocenters. The molecule has 1 aromatic rings. The zero-order valence-corrected chi connectivity index (χ0v) is 16.9. The van der Waals surface area contributed by atoms with E-state index in [1.54, 1.807) is 6.07 Å². The predicted molar refractivity (Wildman–Crippen MR) is 109 cm³/mol. The van der Waals surface area contributed by atoms with Crippen molar-refractivity contribution in [1.29, 1.82) is 0 Å². The number of anilines is 1. The van der Waals surface area contributed by atoms with E-state index in [0.717, 1.165) is 49.1 Å². The molecule has 4 saturated carbocycles. The van der Waals surface area contributed by atoms with Crippen LogP contribution in [0.4, 0.5) is 10.1 Å². The Morgan fingerprint density at radius 1 is 1.10 bits per heavy atom. The number of benzene rings is 1. The minimum absolute atomic E-state index is 0.136. The molecule has 1 heterocycles. The Hall–Kier alpha value is -1.95. The van der Waals surface area contributed by atoms with E-state index in [-0.39, 0.29) is 35.2 Å². The molecule has 6 heteroatoms. The summed E-state index contributed by atoms with van der Waals surface area (Å²) in [5, 5.41) is 8.92. The van der Waals surface area contributed by atoms with Gasteiger partial charge in [-0.05, 0) is 86.4 Å². The van der Waals surface area contributed by atoms with Gasteiger partial charge in [-0.1, -0.05) is 6.07 Å². The summed E-state index contributed by atoms with van der Waals surface area (Å²) in [7, 11) is 0. The first kappa shape index (κ1) is 19.0. The SMILES string of the molecule is O=C(CCNC(=O)C12CC3CC(CC(C3)C1)C2)Nc1ccc2c(c1F)CCNC2. The van der Waals surface area contributed by atoms with Crippen molar-refractivity contribution in [3.8, 4) is 0 Å². The summed E-state index contributed by atoms with van der Waals surface area (Å²) < 4.78 is 14.7. The molecule has 0 radical (unpaired) electrons. The van der Waals surface area contributed by atoms with Gasteiger partial charge in [-0.2, -0.15) is 0 Å². The van der Waals surface area contributed by atoms with Crippen molar-refractivity contribution in [3.63, 3.8) is 0 Å². The molecule has 4 aliphatic carbocycles. The Bertz CT molecular complexity index is 802. The lowest BCUT2D eigenvalue weighted by molar-refractivity contribution is -0.146. The molecule has 5 aliphatic rings. The molecule has 5 nitrogen and oxygen atoms in total. The molecule has 1 aromatic carbocycles. The largest absolute Gasteiger partial charge is 0.355 e. The Kier molecular flexibility index (Phi) is 4.85. The average Bonchev–Trinajstić information content (AvgIpc) is 2.69. The highest BCUT2D eigenvalue weighted by Crippen LogP contribution is 2.60. The quantitative estimate of drug-likeness (QED) is 0.712. The standard InChI is InChI=1S/C23H30FN3O2/c24-21-18-3-5-25-13-17(18)1-2-19(21)27-20(28)4-6-26-22(29)23-10-14-7-15(11-23)9-16(8-14)12-23/h1-2,14-16,25H,3-13H2,(H,26,29)(H,27,28). The number of amides is 2. The molecule has 3 N–H and O–H groups in total. The summed E-state index contributed by atoms with van der Waals surface area (Å²) >= 11 is 0. The van der Waals surface area contributed by atoms with Crippen LogP contribution >= 0.6 is 0 Å². The number of fused-ring (bicyclic) bond motifs is 1. The first-order valence-electron chi connectivity index (χ1n) is 11.1. The van der Waals surface area contributed by atoms with E-state index >= 15 is 0 Å². The van der Waals surface area contributed by atoms with Crippen molar-refractivity contribution in [1.82, 2.24) is 10.6 Å². The molecule has 156 valence electrons. The van der Waals surface area contributed by atoms with Gasteiger partial charge >= 0.3 is 0 Å². The van der Waals surface area contributed by atoms with Gasteiger partial charge in [-0.15, -0.1) is 0 Å². The van der Waals surface area contributed by atoms with Crippen LogP contribution in [0.1, 0.15) is 56.1 Å². The van der Waals surface area contributed by atoms with Gasteiger partial charge < -0.3 is 16.0 Å². The zero-order valence-electron chi connectivity index (χ0n) is 16.9. The highest BCUT2D eigenvalue weighted by Gasteiger charge is 2.54.